The topological polar surface area (TPSA) is 0 Å². The molecule has 0 bridgehead atoms. The van der Waals surface area contributed by atoms with Crippen LogP contribution in [0.1, 0.15) is 11.1 Å². The van der Waals surface area contributed by atoms with E-state index in [1.54, 1.807) is 0 Å². The lowest BCUT2D eigenvalue weighted by atomic mass is 10.1. The van der Waals surface area contributed by atoms with Gasteiger partial charge in [-0.15, -0.1) is 0 Å². The van der Waals surface area contributed by atoms with E-state index in [2.05, 4.69) is 41.6 Å². The van der Waals surface area contributed by atoms with Crippen molar-refractivity contribution in [2.45, 2.75) is 6.92 Å². The minimum Gasteiger partial charge on any atom is -0.0984 e. The standard InChI is InChI=1S/C9H9Br/c1-3-8-5-4-7(2)6-9(8)10/h3-6H,1H2,2H3. The average molecular weight is 197 g/mol. The van der Waals surface area contributed by atoms with E-state index in [1.165, 1.54) is 5.56 Å². The zero-order valence-corrected chi connectivity index (χ0v) is 7.48. The highest BCUT2D eigenvalue weighted by Gasteiger charge is 1.93. The van der Waals surface area contributed by atoms with Gasteiger partial charge in [-0.1, -0.05) is 40.7 Å². The SMILES string of the molecule is C=Cc1ccc(C)cc1Br. The molecule has 0 unspecified atom stereocenters. The molecule has 0 saturated heterocycles. The van der Waals surface area contributed by atoms with Crippen LogP contribution < -0.4 is 0 Å². The fourth-order valence-electron chi connectivity index (χ4n) is 0.798. The van der Waals surface area contributed by atoms with Gasteiger partial charge in [0.2, 0.25) is 0 Å². The van der Waals surface area contributed by atoms with Gasteiger partial charge in [-0.2, -0.15) is 0 Å². The van der Waals surface area contributed by atoms with E-state index >= 15 is 0 Å². The minimum absolute atomic E-state index is 1.11. The van der Waals surface area contributed by atoms with Crippen LogP contribution in [0.4, 0.5) is 0 Å². The van der Waals surface area contributed by atoms with Crippen LogP contribution in [0.5, 0.6) is 0 Å². The number of rotatable bonds is 1. The first-order valence-electron chi connectivity index (χ1n) is 3.12. The molecule has 1 aromatic carbocycles. The van der Waals surface area contributed by atoms with Crippen molar-refractivity contribution >= 4 is 22.0 Å². The first-order chi connectivity index (χ1) is 4.74. The maximum Gasteiger partial charge on any atom is 0.0250 e. The van der Waals surface area contributed by atoms with Gasteiger partial charge < -0.3 is 0 Å². The zero-order valence-electron chi connectivity index (χ0n) is 5.89. The maximum atomic E-state index is 3.69. The molecular formula is C9H9Br. The monoisotopic (exact) mass is 196 g/mol. The van der Waals surface area contributed by atoms with E-state index in [0.29, 0.717) is 0 Å². The summed E-state index contributed by atoms with van der Waals surface area (Å²) in [6.45, 7) is 5.76. The Balaban J connectivity index is 3.19. The fraction of sp³-hybridized carbons (Fsp3) is 0.111. The molecular weight excluding hydrogens is 188 g/mol. The summed E-state index contributed by atoms with van der Waals surface area (Å²) in [6.07, 6.45) is 1.84. The van der Waals surface area contributed by atoms with Crippen LogP contribution in [0, 0.1) is 6.92 Å². The van der Waals surface area contributed by atoms with Crippen LogP contribution in [0.2, 0.25) is 0 Å². The first kappa shape index (κ1) is 7.55. The number of benzene rings is 1. The van der Waals surface area contributed by atoms with Gasteiger partial charge in [0.05, 0.1) is 0 Å². The van der Waals surface area contributed by atoms with Gasteiger partial charge in [0.25, 0.3) is 0 Å². The van der Waals surface area contributed by atoms with Crippen molar-refractivity contribution in [3.8, 4) is 0 Å². The largest absolute Gasteiger partial charge is 0.0984 e. The van der Waals surface area contributed by atoms with Crippen LogP contribution >= 0.6 is 15.9 Å². The van der Waals surface area contributed by atoms with Crippen LogP contribution in [0.15, 0.2) is 29.3 Å². The molecule has 0 N–H and O–H groups in total. The summed E-state index contributed by atoms with van der Waals surface area (Å²) >= 11 is 3.44. The molecule has 0 radical (unpaired) electrons. The summed E-state index contributed by atoms with van der Waals surface area (Å²) in [6, 6.07) is 6.20. The third kappa shape index (κ3) is 1.48. The van der Waals surface area contributed by atoms with Gasteiger partial charge in [0.1, 0.15) is 0 Å². The van der Waals surface area contributed by atoms with Gasteiger partial charge in [0, 0.05) is 4.47 Å². The van der Waals surface area contributed by atoms with Crippen LogP contribution in [0.3, 0.4) is 0 Å². The normalized spacial score (nSPS) is 9.40. The summed E-state index contributed by atoms with van der Waals surface area (Å²) in [5, 5.41) is 0. The molecule has 0 nitrogen and oxygen atoms in total. The van der Waals surface area contributed by atoms with E-state index in [4.69, 9.17) is 0 Å². The van der Waals surface area contributed by atoms with Crippen molar-refractivity contribution in [2.75, 3.05) is 0 Å². The van der Waals surface area contributed by atoms with Gasteiger partial charge >= 0.3 is 0 Å². The second-order valence-electron chi connectivity index (χ2n) is 2.23. The molecule has 0 spiro atoms. The van der Waals surface area contributed by atoms with Crippen LogP contribution in [-0.4, -0.2) is 0 Å². The molecule has 0 aliphatic rings. The Bertz CT molecular complexity index is 251. The third-order valence-corrected chi connectivity index (χ3v) is 2.06. The van der Waals surface area contributed by atoms with E-state index in [1.807, 2.05) is 12.1 Å². The average Bonchev–Trinajstić information content (AvgIpc) is 1.88. The van der Waals surface area contributed by atoms with E-state index < -0.39 is 0 Å². The highest BCUT2D eigenvalue weighted by molar-refractivity contribution is 9.10. The Morgan fingerprint density at radius 2 is 2.20 bits per heavy atom. The van der Waals surface area contributed by atoms with Crippen LogP contribution in [0.25, 0.3) is 6.08 Å². The summed E-state index contributed by atoms with van der Waals surface area (Å²) in [4.78, 5) is 0. The molecule has 0 aliphatic carbocycles. The van der Waals surface area contributed by atoms with Crippen molar-refractivity contribution in [3.63, 3.8) is 0 Å². The molecule has 52 valence electrons. The Kier molecular flexibility index (Phi) is 2.28. The van der Waals surface area contributed by atoms with E-state index in [-0.39, 0.29) is 0 Å². The molecule has 1 heteroatoms. The highest BCUT2D eigenvalue weighted by Crippen LogP contribution is 2.18. The molecule has 0 amide bonds. The smallest absolute Gasteiger partial charge is 0.0250 e. The van der Waals surface area contributed by atoms with Crippen molar-refractivity contribution in [3.05, 3.63) is 40.4 Å². The zero-order chi connectivity index (χ0) is 7.56. The molecule has 0 aliphatic heterocycles. The van der Waals surface area contributed by atoms with Gasteiger partial charge in [-0.05, 0) is 24.1 Å². The number of hydrogen-bond donors (Lipinski definition) is 0. The molecule has 1 aromatic rings. The molecule has 0 saturated carbocycles. The Morgan fingerprint density at radius 1 is 1.50 bits per heavy atom. The maximum absolute atomic E-state index is 3.69. The second kappa shape index (κ2) is 3.02. The van der Waals surface area contributed by atoms with Crippen molar-refractivity contribution in [2.24, 2.45) is 0 Å². The Labute approximate surface area is 69.7 Å². The highest BCUT2D eigenvalue weighted by atomic mass is 79.9. The molecule has 10 heavy (non-hydrogen) atoms. The lowest BCUT2D eigenvalue weighted by Gasteiger charge is -1.97. The number of halogens is 1. The quantitative estimate of drug-likeness (QED) is 0.647. The summed E-state index contributed by atoms with van der Waals surface area (Å²) in [5.41, 5.74) is 2.41. The lowest BCUT2D eigenvalue weighted by Crippen LogP contribution is -1.76. The summed E-state index contributed by atoms with van der Waals surface area (Å²) in [7, 11) is 0. The molecule has 1 rings (SSSR count). The molecule has 0 heterocycles. The number of aryl methyl sites for hydroxylation is 1. The van der Waals surface area contributed by atoms with Crippen molar-refractivity contribution in [1.29, 1.82) is 0 Å². The number of hydrogen-bond acceptors (Lipinski definition) is 0. The predicted octanol–water partition coefficient (Wildman–Crippen LogP) is 3.40. The van der Waals surface area contributed by atoms with Crippen LogP contribution in [-0.2, 0) is 0 Å². The van der Waals surface area contributed by atoms with E-state index in [0.717, 1.165) is 10.0 Å². The molecule has 0 atom stereocenters. The first-order valence-corrected chi connectivity index (χ1v) is 3.92. The molecule has 0 aromatic heterocycles. The summed E-state index contributed by atoms with van der Waals surface area (Å²) in [5.74, 6) is 0. The molecule has 0 fully saturated rings. The Morgan fingerprint density at radius 3 is 2.70 bits per heavy atom. The predicted molar refractivity (Wildman–Crippen MR) is 49.0 cm³/mol. The van der Waals surface area contributed by atoms with Crippen molar-refractivity contribution < 1.29 is 0 Å². The van der Waals surface area contributed by atoms with Gasteiger partial charge in [-0.25, -0.2) is 0 Å². The lowest BCUT2D eigenvalue weighted by molar-refractivity contribution is 1.44. The fourth-order valence-corrected chi connectivity index (χ4v) is 1.45. The van der Waals surface area contributed by atoms with Gasteiger partial charge in [0.15, 0.2) is 0 Å². The van der Waals surface area contributed by atoms with Crippen molar-refractivity contribution in [1.82, 2.24) is 0 Å². The summed E-state index contributed by atoms with van der Waals surface area (Å²) < 4.78 is 1.11. The second-order valence-corrected chi connectivity index (χ2v) is 3.08. The third-order valence-electron chi connectivity index (χ3n) is 1.38. The minimum atomic E-state index is 1.11. The van der Waals surface area contributed by atoms with Gasteiger partial charge in [-0.3, -0.25) is 0 Å². The Hall–Kier alpha value is -0.560. The van der Waals surface area contributed by atoms with E-state index in [9.17, 15) is 0 Å².